The van der Waals surface area contributed by atoms with Crippen molar-refractivity contribution < 1.29 is 29.4 Å². The number of anilines is 1. The second kappa shape index (κ2) is 10.1. The van der Waals surface area contributed by atoms with Crippen molar-refractivity contribution in [2.45, 2.75) is 46.1 Å². The molecule has 0 unspecified atom stereocenters. The quantitative estimate of drug-likeness (QED) is 0.428. The average molecular weight is 501 g/mol. The SMILES string of the molecule is CC1(C)[C@@H](C(=O)N[C@@H](Cc2ccc(NC(=O)c3ccc(Cl)cc3)cc2)C(=O)O)CC[C@@]1(C)C(=O)O. The van der Waals surface area contributed by atoms with E-state index in [1.54, 1.807) is 69.3 Å². The molecule has 2 aromatic rings. The van der Waals surface area contributed by atoms with Crippen LogP contribution in [0, 0.1) is 16.7 Å². The highest BCUT2D eigenvalue weighted by molar-refractivity contribution is 6.30. The predicted octanol–water partition coefficient (Wildman–Crippen LogP) is 4.23. The van der Waals surface area contributed by atoms with Gasteiger partial charge in [0.1, 0.15) is 6.04 Å². The lowest BCUT2D eigenvalue weighted by Crippen LogP contribution is -2.49. The summed E-state index contributed by atoms with van der Waals surface area (Å²) in [5, 5.41) is 25.2. The number of rotatable bonds is 8. The topological polar surface area (TPSA) is 133 Å². The van der Waals surface area contributed by atoms with Crippen molar-refractivity contribution in [2.24, 2.45) is 16.7 Å². The summed E-state index contributed by atoms with van der Waals surface area (Å²) in [6.45, 7) is 5.11. The smallest absolute Gasteiger partial charge is 0.326 e. The minimum absolute atomic E-state index is 0.0375. The van der Waals surface area contributed by atoms with E-state index in [0.717, 1.165) is 0 Å². The second-order valence-electron chi connectivity index (χ2n) is 9.71. The van der Waals surface area contributed by atoms with E-state index in [1.807, 2.05) is 0 Å². The van der Waals surface area contributed by atoms with Crippen LogP contribution in [0.15, 0.2) is 48.5 Å². The number of benzene rings is 2. The molecule has 2 amide bonds. The van der Waals surface area contributed by atoms with Crippen molar-refractivity contribution in [2.75, 3.05) is 5.32 Å². The van der Waals surface area contributed by atoms with E-state index in [4.69, 9.17) is 11.6 Å². The van der Waals surface area contributed by atoms with Crippen LogP contribution in [0.3, 0.4) is 0 Å². The number of carbonyl (C=O) groups is 4. The molecule has 1 saturated carbocycles. The van der Waals surface area contributed by atoms with E-state index < -0.39 is 40.6 Å². The zero-order valence-electron chi connectivity index (χ0n) is 19.8. The summed E-state index contributed by atoms with van der Waals surface area (Å²) >= 11 is 5.84. The molecule has 8 nitrogen and oxygen atoms in total. The van der Waals surface area contributed by atoms with Gasteiger partial charge in [0.2, 0.25) is 5.91 Å². The number of nitrogens with one attached hydrogen (secondary N) is 2. The molecule has 3 rings (SSSR count). The van der Waals surface area contributed by atoms with Crippen molar-refractivity contribution in [3.05, 3.63) is 64.7 Å². The Labute approximate surface area is 208 Å². The summed E-state index contributed by atoms with van der Waals surface area (Å²) in [4.78, 5) is 49.0. The fourth-order valence-corrected chi connectivity index (χ4v) is 4.70. The summed E-state index contributed by atoms with van der Waals surface area (Å²) in [6, 6.07) is 12.0. The van der Waals surface area contributed by atoms with Gasteiger partial charge in [0.15, 0.2) is 0 Å². The third kappa shape index (κ3) is 5.48. The monoisotopic (exact) mass is 500 g/mol. The Morgan fingerprint density at radius 3 is 2.11 bits per heavy atom. The van der Waals surface area contributed by atoms with Gasteiger partial charge in [-0.3, -0.25) is 14.4 Å². The van der Waals surface area contributed by atoms with Crippen molar-refractivity contribution in [1.82, 2.24) is 5.32 Å². The first kappa shape index (κ1) is 26.2. The molecule has 3 atom stereocenters. The molecule has 1 aliphatic rings. The summed E-state index contributed by atoms with van der Waals surface area (Å²) < 4.78 is 0. The van der Waals surface area contributed by atoms with Crippen LogP contribution < -0.4 is 10.6 Å². The van der Waals surface area contributed by atoms with Crippen LogP contribution >= 0.6 is 11.6 Å². The molecule has 0 saturated heterocycles. The molecule has 0 spiro atoms. The van der Waals surface area contributed by atoms with Crippen LogP contribution in [0.5, 0.6) is 0 Å². The largest absolute Gasteiger partial charge is 0.481 e. The molecule has 1 aliphatic carbocycles. The summed E-state index contributed by atoms with van der Waals surface area (Å²) in [5.41, 5.74) is -0.273. The molecule has 1 fully saturated rings. The van der Waals surface area contributed by atoms with Gasteiger partial charge < -0.3 is 20.8 Å². The lowest BCUT2D eigenvalue weighted by Gasteiger charge is -2.38. The Morgan fingerprint density at radius 1 is 1.00 bits per heavy atom. The van der Waals surface area contributed by atoms with Gasteiger partial charge in [-0.2, -0.15) is 0 Å². The normalized spacial score (nSPS) is 21.7. The van der Waals surface area contributed by atoms with Gasteiger partial charge in [0.25, 0.3) is 5.91 Å². The Balaban J connectivity index is 1.65. The molecular formula is C26H29ClN2O6. The van der Waals surface area contributed by atoms with E-state index in [-0.39, 0.29) is 12.3 Å². The van der Waals surface area contributed by atoms with E-state index in [2.05, 4.69) is 10.6 Å². The first-order chi connectivity index (χ1) is 16.3. The molecule has 0 aliphatic heterocycles. The Morgan fingerprint density at radius 2 is 1.60 bits per heavy atom. The highest BCUT2D eigenvalue weighted by Gasteiger charge is 2.58. The maximum absolute atomic E-state index is 13.0. The van der Waals surface area contributed by atoms with Crippen molar-refractivity contribution in [1.29, 1.82) is 0 Å². The fourth-order valence-electron chi connectivity index (χ4n) is 4.58. The van der Waals surface area contributed by atoms with Gasteiger partial charge in [0.05, 0.1) is 5.41 Å². The highest BCUT2D eigenvalue weighted by Crippen LogP contribution is 2.56. The molecule has 0 aromatic heterocycles. The number of halogens is 1. The molecule has 4 N–H and O–H groups in total. The Kier molecular flexibility index (Phi) is 7.55. The molecule has 9 heteroatoms. The van der Waals surface area contributed by atoms with Gasteiger partial charge in [-0.25, -0.2) is 4.79 Å². The number of carboxylic acids is 2. The molecule has 35 heavy (non-hydrogen) atoms. The maximum atomic E-state index is 13.0. The van der Waals surface area contributed by atoms with Crippen molar-refractivity contribution >= 4 is 41.0 Å². The Bertz CT molecular complexity index is 1130. The van der Waals surface area contributed by atoms with E-state index >= 15 is 0 Å². The molecule has 0 heterocycles. The maximum Gasteiger partial charge on any atom is 0.326 e. The van der Waals surface area contributed by atoms with Gasteiger partial charge in [-0.05, 0) is 67.1 Å². The first-order valence-electron chi connectivity index (χ1n) is 11.3. The third-order valence-corrected chi connectivity index (χ3v) is 7.64. The zero-order chi connectivity index (χ0) is 26.0. The molecule has 186 valence electrons. The van der Waals surface area contributed by atoms with Crippen LogP contribution in [-0.4, -0.2) is 40.0 Å². The molecule has 0 radical (unpaired) electrons. The highest BCUT2D eigenvalue weighted by atomic mass is 35.5. The number of aliphatic carboxylic acids is 2. The van der Waals surface area contributed by atoms with Gasteiger partial charge in [0, 0.05) is 28.6 Å². The van der Waals surface area contributed by atoms with Crippen LogP contribution in [-0.2, 0) is 20.8 Å². The van der Waals surface area contributed by atoms with Gasteiger partial charge >= 0.3 is 11.9 Å². The number of hydrogen-bond donors (Lipinski definition) is 4. The molecular weight excluding hydrogens is 472 g/mol. The van der Waals surface area contributed by atoms with Crippen LogP contribution in [0.2, 0.25) is 5.02 Å². The van der Waals surface area contributed by atoms with E-state index in [0.29, 0.717) is 34.7 Å². The van der Waals surface area contributed by atoms with Gasteiger partial charge in [-0.15, -0.1) is 0 Å². The fraction of sp³-hybridized carbons (Fsp3) is 0.385. The summed E-state index contributed by atoms with van der Waals surface area (Å²) in [7, 11) is 0. The minimum Gasteiger partial charge on any atom is -0.481 e. The molecule has 0 bridgehead atoms. The lowest BCUT2D eigenvalue weighted by atomic mass is 9.65. The predicted molar refractivity (Wildman–Crippen MR) is 131 cm³/mol. The van der Waals surface area contributed by atoms with E-state index in [1.165, 1.54) is 0 Å². The first-order valence-corrected chi connectivity index (χ1v) is 11.7. The van der Waals surface area contributed by atoms with Gasteiger partial charge in [-0.1, -0.05) is 37.6 Å². The zero-order valence-corrected chi connectivity index (χ0v) is 20.6. The number of amides is 2. The minimum atomic E-state index is -1.18. The standard InChI is InChI=1S/C26H29ClN2O6/c1-25(2)19(12-13-26(25,3)24(34)35)22(31)29-20(23(32)33)14-15-4-10-18(11-5-15)28-21(30)16-6-8-17(27)9-7-16/h4-11,19-20H,12-14H2,1-3H3,(H,28,30)(H,29,31)(H,32,33)(H,34,35)/t19-,20+,26+/m1/s1. The summed E-state index contributed by atoms with van der Waals surface area (Å²) in [5.74, 6) is -3.53. The third-order valence-electron chi connectivity index (χ3n) is 7.39. The molecule has 2 aromatic carbocycles. The van der Waals surface area contributed by atoms with Crippen LogP contribution in [0.25, 0.3) is 0 Å². The van der Waals surface area contributed by atoms with Crippen LogP contribution in [0.1, 0.15) is 49.5 Å². The average Bonchev–Trinajstić information content (AvgIpc) is 3.04. The van der Waals surface area contributed by atoms with Crippen molar-refractivity contribution in [3.63, 3.8) is 0 Å². The Hall–Kier alpha value is -3.39. The summed E-state index contributed by atoms with van der Waals surface area (Å²) in [6.07, 6.45) is 0.750. The number of carbonyl (C=O) groups excluding carboxylic acids is 2. The second-order valence-corrected chi connectivity index (χ2v) is 10.1. The number of carboxylic acid groups (broad SMARTS) is 2. The van der Waals surface area contributed by atoms with Crippen LogP contribution in [0.4, 0.5) is 5.69 Å². The van der Waals surface area contributed by atoms with E-state index in [9.17, 15) is 29.4 Å². The lowest BCUT2D eigenvalue weighted by molar-refractivity contribution is -0.155. The van der Waals surface area contributed by atoms with Crippen molar-refractivity contribution in [3.8, 4) is 0 Å². The number of hydrogen-bond acceptors (Lipinski definition) is 4.